The fourth-order valence-corrected chi connectivity index (χ4v) is 2.99. The van der Waals surface area contributed by atoms with E-state index in [-0.39, 0.29) is 0 Å². The van der Waals surface area contributed by atoms with Crippen LogP contribution in [0.4, 0.5) is 0 Å². The van der Waals surface area contributed by atoms with Crippen LogP contribution in [0.25, 0.3) is 0 Å². The fourth-order valence-electron chi connectivity index (χ4n) is 2.34. The number of alkyl halides is 1. The minimum absolute atomic E-state index is 0.434. The molecule has 20 heavy (non-hydrogen) atoms. The lowest BCUT2D eigenvalue weighted by Crippen LogP contribution is -1.91. The second-order valence-electron chi connectivity index (χ2n) is 4.90. The molecule has 0 spiro atoms. The summed E-state index contributed by atoms with van der Waals surface area (Å²) in [4.78, 5) is 0. The van der Waals surface area contributed by atoms with Gasteiger partial charge < -0.3 is 0 Å². The first-order chi connectivity index (χ1) is 9.81. The Balaban J connectivity index is 2.04. The minimum atomic E-state index is 0.434. The Labute approximate surface area is 136 Å². The topological polar surface area (TPSA) is 0 Å². The van der Waals surface area contributed by atoms with Gasteiger partial charge in [-0.1, -0.05) is 96.3 Å². The van der Waals surface area contributed by atoms with E-state index >= 15 is 0 Å². The van der Waals surface area contributed by atoms with Crippen LogP contribution in [-0.2, 0) is 0 Å². The van der Waals surface area contributed by atoms with Crippen molar-refractivity contribution in [1.29, 1.82) is 0 Å². The van der Waals surface area contributed by atoms with E-state index in [0.717, 1.165) is 6.42 Å². The zero-order valence-corrected chi connectivity index (χ0v) is 14.1. The second kappa shape index (κ2) is 8.25. The van der Waals surface area contributed by atoms with Gasteiger partial charge in [0.2, 0.25) is 0 Å². The van der Waals surface area contributed by atoms with Crippen LogP contribution >= 0.6 is 22.6 Å². The van der Waals surface area contributed by atoms with Crippen molar-refractivity contribution in [2.45, 2.75) is 30.1 Å². The summed E-state index contributed by atoms with van der Waals surface area (Å²) in [5, 5.41) is 0. The Bertz CT molecular complexity index is 532. The van der Waals surface area contributed by atoms with E-state index in [1.807, 2.05) is 0 Å². The van der Waals surface area contributed by atoms with Crippen molar-refractivity contribution in [1.82, 2.24) is 0 Å². The van der Waals surface area contributed by atoms with Crippen molar-refractivity contribution in [3.63, 3.8) is 0 Å². The lowest BCUT2D eigenvalue weighted by atomic mass is 9.95. The van der Waals surface area contributed by atoms with Gasteiger partial charge in [0, 0.05) is 0 Å². The number of rotatable bonds is 5. The maximum Gasteiger partial charge on any atom is 0.0542 e. The van der Waals surface area contributed by atoms with Gasteiger partial charge in [-0.05, 0) is 36.0 Å². The molecule has 1 aromatic rings. The third-order valence-electron chi connectivity index (χ3n) is 3.50. The first-order valence-corrected chi connectivity index (χ1v) is 8.48. The van der Waals surface area contributed by atoms with Crippen molar-refractivity contribution < 1.29 is 0 Å². The lowest BCUT2D eigenvalue weighted by Gasteiger charge is -2.11. The van der Waals surface area contributed by atoms with Crippen molar-refractivity contribution in [3.05, 3.63) is 83.5 Å². The highest BCUT2D eigenvalue weighted by Gasteiger charge is 2.04. The molecule has 1 atom stereocenters. The van der Waals surface area contributed by atoms with Crippen LogP contribution in [0.1, 0.15) is 35.7 Å². The van der Waals surface area contributed by atoms with E-state index in [2.05, 4.69) is 96.3 Å². The fraction of sp³-hybridized carbons (Fsp3) is 0.263. The van der Waals surface area contributed by atoms with Crippen LogP contribution in [-0.4, -0.2) is 0 Å². The highest BCUT2D eigenvalue weighted by atomic mass is 127. The summed E-state index contributed by atoms with van der Waals surface area (Å²) in [6.45, 7) is 2.23. The van der Waals surface area contributed by atoms with E-state index < -0.39 is 0 Å². The Morgan fingerprint density at radius 1 is 1.30 bits per heavy atom. The van der Waals surface area contributed by atoms with Crippen molar-refractivity contribution in [2.75, 3.05) is 0 Å². The molecule has 104 valence electrons. The SMILES string of the molecule is CC/C(=C\C=C/C(I)c1ccccc1)C1=CC=CCC1. The molecule has 0 aliphatic heterocycles. The van der Waals surface area contributed by atoms with Gasteiger partial charge in [-0.25, -0.2) is 0 Å². The zero-order chi connectivity index (χ0) is 14.2. The number of halogens is 1. The predicted octanol–water partition coefficient (Wildman–Crippen LogP) is 6.33. The van der Waals surface area contributed by atoms with Gasteiger partial charge in [0.1, 0.15) is 0 Å². The van der Waals surface area contributed by atoms with E-state index in [0.29, 0.717) is 3.92 Å². The van der Waals surface area contributed by atoms with Crippen LogP contribution in [0, 0.1) is 0 Å². The quantitative estimate of drug-likeness (QED) is 0.320. The predicted molar refractivity (Wildman–Crippen MR) is 97.2 cm³/mol. The zero-order valence-electron chi connectivity index (χ0n) is 11.9. The lowest BCUT2D eigenvalue weighted by molar-refractivity contribution is 0.938. The molecule has 1 aromatic carbocycles. The largest absolute Gasteiger partial charge is 0.0842 e. The third kappa shape index (κ3) is 4.48. The summed E-state index contributed by atoms with van der Waals surface area (Å²) in [7, 11) is 0. The van der Waals surface area contributed by atoms with Gasteiger partial charge in [-0.3, -0.25) is 0 Å². The van der Waals surface area contributed by atoms with Crippen LogP contribution in [0.15, 0.2) is 77.9 Å². The van der Waals surface area contributed by atoms with E-state index in [4.69, 9.17) is 0 Å². The summed E-state index contributed by atoms with van der Waals surface area (Å²) >= 11 is 2.48. The molecule has 1 heteroatoms. The van der Waals surface area contributed by atoms with E-state index in [9.17, 15) is 0 Å². The normalized spacial score (nSPS) is 17.3. The smallest absolute Gasteiger partial charge is 0.0542 e. The number of allylic oxidation sites excluding steroid dienone is 8. The number of hydrogen-bond acceptors (Lipinski definition) is 0. The molecule has 0 fully saturated rings. The first kappa shape index (κ1) is 15.3. The monoisotopic (exact) mass is 376 g/mol. The molecule has 0 amide bonds. The molecule has 1 unspecified atom stereocenters. The summed E-state index contributed by atoms with van der Waals surface area (Å²) in [6, 6.07) is 10.6. The number of hydrogen-bond donors (Lipinski definition) is 0. The van der Waals surface area contributed by atoms with Gasteiger partial charge in [0.05, 0.1) is 3.92 Å². The Kier molecular flexibility index (Phi) is 6.31. The molecule has 0 radical (unpaired) electrons. The maximum absolute atomic E-state index is 2.48. The molecule has 0 aromatic heterocycles. The third-order valence-corrected chi connectivity index (χ3v) is 4.64. The molecule has 0 heterocycles. The highest BCUT2D eigenvalue weighted by molar-refractivity contribution is 14.1. The molecule has 0 saturated heterocycles. The summed E-state index contributed by atoms with van der Waals surface area (Å²) in [5.41, 5.74) is 4.31. The Hall–Kier alpha value is -1.09. The van der Waals surface area contributed by atoms with Gasteiger partial charge in [0.25, 0.3) is 0 Å². The van der Waals surface area contributed by atoms with Gasteiger partial charge in [-0.15, -0.1) is 0 Å². The second-order valence-corrected chi connectivity index (χ2v) is 6.24. The molecule has 0 N–H and O–H groups in total. The van der Waals surface area contributed by atoms with Crippen LogP contribution in [0.2, 0.25) is 0 Å². The molecule has 0 saturated carbocycles. The number of benzene rings is 1. The molecule has 0 nitrogen and oxygen atoms in total. The van der Waals surface area contributed by atoms with Crippen molar-refractivity contribution >= 4 is 22.6 Å². The van der Waals surface area contributed by atoms with Gasteiger partial charge >= 0.3 is 0 Å². The molecule has 0 bridgehead atoms. The maximum atomic E-state index is 2.48. The molecule has 1 aliphatic rings. The average molecular weight is 376 g/mol. The van der Waals surface area contributed by atoms with E-state index in [1.165, 1.54) is 29.6 Å². The van der Waals surface area contributed by atoms with Gasteiger partial charge in [0.15, 0.2) is 0 Å². The van der Waals surface area contributed by atoms with Crippen LogP contribution in [0.3, 0.4) is 0 Å². The standard InChI is InChI=1S/C19H21I/c1-2-16(17-10-5-3-6-11-17)14-9-15-19(20)18-12-7-4-8-13-18/h3-5,7-10,12-15,19H,2,6,11H2,1H3/b15-9-,16-14+. The molecule has 1 aliphatic carbocycles. The first-order valence-electron chi connectivity index (χ1n) is 7.23. The summed E-state index contributed by atoms with van der Waals surface area (Å²) in [6.07, 6.45) is 16.9. The molecular formula is C19H21I. The average Bonchev–Trinajstić information content (AvgIpc) is 2.53. The van der Waals surface area contributed by atoms with Crippen molar-refractivity contribution in [3.8, 4) is 0 Å². The van der Waals surface area contributed by atoms with Gasteiger partial charge in [-0.2, -0.15) is 0 Å². The van der Waals surface area contributed by atoms with Crippen LogP contribution < -0.4 is 0 Å². The van der Waals surface area contributed by atoms with Crippen LogP contribution in [0.5, 0.6) is 0 Å². The molecule has 2 rings (SSSR count). The summed E-state index contributed by atoms with van der Waals surface area (Å²) in [5.74, 6) is 0. The highest BCUT2D eigenvalue weighted by Crippen LogP contribution is 2.26. The van der Waals surface area contributed by atoms with E-state index in [1.54, 1.807) is 0 Å². The minimum Gasteiger partial charge on any atom is -0.0842 e. The Morgan fingerprint density at radius 2 is 2.10 bits per heavy atom. The summed E-state index contributed by atoms with van der Waals surface area (Å²) < 4.78 is 0.434. The van der Waals surface area contributed by atoms with Crippen molar-refractivity contribution in [2.24, 2.45) is 0 Å². The Morgan fingerprint density at radius 3 is 2.75 bits per heavy atom. The molecular weight excluding hydrogens is 355 g/mol.